The van der Waals surface area contributed by atoms with Crippen LogP contribution in [0.4, 0.5) is 0 Å². The minimum Gasteiger partial charge on any atom is -0.335 e. The number of carbonyl (C=O) groups excluding carboxylic acids is 1. The monoisotopic (exact) mass is 327 g/mol. The first-order chi connectivity index (χ1) is 12.1. The van der Waals surface area contributed by atoms with Crippen LogP contribution >= 0.6 is 0 Å². The second-order valence-electron chi connectivity index (χ2n) is 6.08. The number of rotatable bonds is 5. The number of carbonyl (C=O) groups is 1. The van der Waals surface area contributed by atoms with Crippen LogP contribution in [-0.2, 0) is 10.3 Å². The lowest BCUT2D eigenvalue weighted by molar-refractivity contribution is -0.118. The van der Waals surface area contributed by atoms with Crippen LogP contribution < -0.4 is 5.32 Å². The molecule has 2 heteroatoms. The topological polar surface area (TPSA) is 29.1 Å². The second kappa shape index (κ2) is 7.18. The molecule has 0 saturated heterocycles. The van der Waals surface area contributed by atoms with Crippen molar-refractivity contribution in [2.45, 2.75) is 12.5 Å². The summed E-state index contributed by atoms with van der Waals surface area (Å²) in [6.45, 7) is 5.53. The minimum absolute atomic E-state index is 0.170. The molecule has 0 saturated carbocycles. The SMILES string of the molecule is C=C(C)C(=O)NC(c1ccccc1)(c1ccccc1)c1ccccc1. The van der Waals surface area contributed by atoms with E-state index in [-0.39, 0.29) is 5.91 Å². The van der Waals surface area contributed by atoms with Crippen molar-refractivity contribution in [1.82, 2.24) is 5.32 Å². The van der Waals surface area contributed by atoms with Crippen molar-refractivity contribution < 1.29 is 4.79 Å². The van der Waals surface area contributed by atoms with E-state index >= 15 is 0 Å². The molecule has 0 spiro atoms. The molecule has 124 valence electrons. The molecule has 3 rings (SSSR count). The van der Waals surface area contributed by atoms with Gasteiger partial charge in [0.15, 0.2) is 0 Å². The molecule has 3 aromatic rings. The van der Waals surface area contributed by atoms with Crippen molar-refractivity contribution in [3.8, 4) is 0 Å². The molecule has 0 bridgehead atoms. The highest BCUT2D eigenvalue weighted by molar-refractivity contribution is 5.93. The molecule has 0 aromatic heterocycles. The van der Waals surface area contributed by atoms with Gasteiger partial charge in [0, 0.05) is 5.57 Å². The normalized spacial score (nSPS) is 10.9. The summed E-state index contributed by atoms with van der Waals surface area (Å²) >= 11 is 0. The first-order valence-electron chi connectivity index (χ1n) is 8.29. The van der Waals surface area contributed by atoms with E-state index in [2.05, 4.69) is 11.9 Å². The molecule has 0 atom stereocenters. The highest BCUT2D eigenvalue weighted by Gasteiger charge is 2.37. The lowest BCUT2D eigenvalue weighted by atomic mass is 9.77. The molecule has 0 fully saturated rings. The third kappa shape index (κ3) is 3.24. The first kappa shape index (κ1) is 16.7. The van der Waals surface area contributed by atoms with E-state index in [1.165, 1.54) is 0 Å². The van der Waals surface area contributed by atoms with Crippen LogP contribution in [-0.4, -0.2) is 5.91 Å². The van der Waals surface area contributed by atoms with Crippen LogP contribution in [0.5, 0.6) is 0 Å². The molecular weight excluding hydrogens is 306 g/mol. The number of nitrogens with one attached hydrogen (secondary N) is 1. The van der Waals surface area contributed by atoms with Gasteiger partial charge in [0.1, 0.15) is 5.54 Å². The fourth-order valence-electron chi connectivity index (χ4n) is 3.06. The van der Waals surface area contributed by atoms with Crippen molar-refractivity contribution in [3.05, 3.63) is 120 Å². The van der Waals surface area contributed by atoms with Crippen molar-refractivity contribution in [2.75, 3.05) is 0 Å². The maximum Gasteiger partial charge on any atom is 0.247 e. The van der Waals surface area contributed by atoms with Gasteiger partial charge >= 0.3 is 0 Å². The Morgan fingerprint density at radius 2 is 1.04 bits per heavy atom. The summed E-state index contributed by atoms with van der Waals surface area (Å²) in [6.07, 6.45) is 0. The van der Waals surface area contributed by atoms with E-state index in [9.17, 15) is 4.79 Å². The van der Waals surface area contributed by atoms with Crippen LogP contribution in [0, 0.1) is 0 Å². The van der Waals surface area contributed by atoms with Gasteiger partial charge in [0.2, 0.25) is 5.91 Å². The predicted octanol–water partition coefficient (Wildman–Crippen LogP) is 4.67. The summed E-state index contributed by atoms with van der Waals surface area (Å²) in [5.41, 5.74) is 2.71. The zero-order valence-corrected chi connectivity index (χ0v) is 14.3. The molecule has 2 nitrogen and oxygen atoms in total. The van der Waals surface area contributed by atoms with Crippen LogP contribution in [0.3, 0.4) is 0 Å². The molecule has 0 aliphatic rings. The molecule has 0 aliphatic heterocycles. The summed E-state index contributed by atoms with van der Waals surface area (Å²) < 4.78 is 0. The van der Waals surface area contributed by atoms with Crippen molar-refractivity contribution >= 4 is 5.91 Å². The van der Waals surface area contributed by atoms with Gasteiger partial charge in [-0.25, -0.2) is 0 Å². The average molecular weight is 327 g/mol. The number of amides is 1. The summed E-state index contributed by atoms with van der Waals surface area (Å²) in [4.78, 5) is 12.7. The number of hydrogen-bond acceptors (Lipinski definition) is 1. The van der Waals surface area contributed by atoms with Crippen LogP contribution in [0.2, 0.25) is 0 Å². The first-order valence-corrected chi connectivity index (χ1v) is 8.29. The van der Waals surface area contributed by atoms with Crippen LogP contribution in [0.25, 0.3) is 0 Å². The van der Waals surface area contributed by atoms with Crippen LogP contribution in [0.1, 0.15) is 23.6 Å². The molecule has 0 heterocycles. The van der Waals surface area contributed by atoms with E-state index in [0.29, 0.717) is 5.57 Å². The molecule has 1 N–H and O–H groups in total. The Morgan fingerprint density at radius 1 is 0.720 bits per heavy atom. The lowest BCUT2D eigenvalue weighted by Gasteiger charge is -2.37. The lowest BCUT2D eigenvalue weighted by Crippen LogP contribution is -2.48. The Balaban J connectivity index is 2.31. The molecule has 1 amide bonds. The van der Waals surface area contributed by atoms with Gasteiger partial charge in [-0.3, -0.25) is 4.79 Å². The smallest absolute Gasteiger partial charge is 0.247 e. The number of hydrogen-bond donors (Lipinski definition) is 1. The fourth-order valence-corrected chi connectivity index (χ4v) is 3.06. The van der Waals surface area contributed by atoms with Gasteiger partial charge < -0.3 is 5.32 Å². The zero-order valence-electron chi connectivity index (χ0n) is 14.3. The van der Waals surface area contributed by atoms with Gasteiger partial charge in [-0.2, -0.15) is 0 Å². The van der Waals surface area contributed by atoms with E-state index in [1.54, 1.807) is 6.92 Å². The Hall–Kier alpha value is -3.13. The predicted molar refractivity (Wildman–Crippen MR) is 102 cm³/mol. The van der Waals surface area contributed by atoms with E-state index < -0.39 is 5.54 Å². The van der Waals surface area contributed by atoms with E-state index in [1.807, 2.05) is 91.0 Å². The zero-order chi connectivity index (χ0) is 17.7. The highest BCUT2D eigenvalue weighted by Crippen LogP contribution is 2.36. The van der Waals surface area contributed by atoms with Crippen molar-refractivity contribution in [3.63, 3.8) is 0 Å². The van der Waals surface area contributed by atoms with E-state index in [0.717, 1.165) is 16.7 Å². The Labute approximate surface area is 148 Å². The summed E-state index contributed by atoms with van der Waals surface area (Å²) in [6, 6.07) is 30.1. The van der Waals surface area contributed by atoms with Crippen molar-refractivity contribution in [2.24, 2.45) is 0 Å². The molecule has 25 heavy (non-hydrogen) atoms. The Bertz CT molecular complexity index is 758. The molecule has 0 aliphatic carbocycles. The van der Waals surface area contributed by atoms with Crippen molar-refractivity contribution in [1.29, 1.82) is 0 Å². The summed E-state index contributed by atoms with van der Waals surface area (Å²) in [7, 11) is 0. The summed E-state index contributed by atoms with van der Waals surface area (Å²) in [5.74, 6) is -0.170. The molecule has 3 aromatic carbocycles. The molecule has 0 radical (unpaired) electrons. The Morgan fingerprint density at radius 3 is 1.32 bits per heavy atom. The standard InChI is InChI=1S/C23H21NO/c1-18(2)22(25)24-23(19-12-6-3-7-13-19,20-14-8-4-9-15-20)21-16-10-5-11-17-21/h3-17H,1H2,2H3,(H,24,25). The average Bonchev–Trinajstić information content (AvgIpc) is 2.68. The van der Waals surface area contributed by atoms with Gasteiger partial charge in [0.05, 0.1) is 0 Å². The van der Waals surface area contributed by atoms with Crippen LogP contribution in [0.15, 0.2) is 103 Å². The quantitative estimate of drug-likeness (QED) is 0.535. The van der Waals surface area contributed by atoms with Gasteiger partial charge in [-0.1, -0.05) is 97.6 Å². The maximum atomic E-state index is 12.7. The van der Waals surface area contributed by atoms with Gasteiger partial charge in [-0.05, 0) is 23.6 Å². The minimum atomic E-state index is -0.778. The summed E-state index contributed by atoms with van der Waals surface area (Å²) in [5, 5.41) is 3.24. The van der Waals surface area contributed by atoms with E-state index in [4.69, 9.17) is 0 Å². The third-order valence-electron chi connectivity index (χ3n) is 4.31. The largest absolute Gasteiger partial charge is 0.335 e. The van der Waals surface area contributed by atoms with Gasteiger partial charge in [0.25, 0.3) is 0 Å². The second-order valence-corrected chi connectivity index (χ2v) is 6.08. The molecular formula is C23H21NO. The number of benzene rings is 3. The third-order valence-corrected chi connectivity index (χ3v) is 4.31. The Kier molecular flexibility index (Phi) is 4.80. The maximum absolute atomic E-state index is 12.7. The highest BCUT2D eigenvalue weighted by atomic mass is 16.1. The van der Waals surface area contributed by atoms with Gasteiger partial charge in [-0.15, -0.1) is 0 Å². The molecule has 0 unspecified atom stereocenters. The fraction of sp³-hybridized carbons (Fsp3) is 0.0870.